The van der Waals surface area contributed by atoms with Gasteiger partial charge in [-0.25, -0.2) is 4.79 Å². The van der Waals surface area contributed by atoms with E-state index in [9.17, 15) is 14.4 Å². The number of halogens is 1. The molecule has 122 valence electrons. The van der Waals surface area contributed by atoms with Crippen LogP contribution in [0.1, 0.15) is 5.56 Å². The maximum atomic E-state index is 12.6. The quantitative estimate of drug-likeness (QED) is 0.761. The molecule has 0 aromatic heterocycles. The molecule has 2 aliphatic rings. The van der Waals surface area contributed by atoms with Crippen LogP contribution < -0.4 is 0 Å². The van der Waals surface area contributed by atoms with Crippen LogP contribution in [-0.2, 0) is 25.7 Å². The number of carbonyl (C=O) groups is 3. The van der Waals surface area contributed by atoms with Crippen molar-refractivity contribution in [3.8, 4) is 0 Å². The summed E-state index contributed by atoms with van der Waals surface area (Å²) < 4.78 is 4.71. The zero-order valence-corrected chi connectivity index (χ0v) is 14.0. The second-order valence-corrected chi connectivity index (χ2v) is 6.90. The minimum absolute atomic E-state index is 0.0357. The summed E-state index contributed by atoms with van der Waals surface area (Å²) in [7, 11) is 1.28. The van der Waals surface area contributed by atoms with E-state index in [1.54, 1.807) is 12.1 Å². The van der Waals surface area contributed by atoms with Crippen molar-refractivity contribution in [2.24, 2.45) is 0 Å². The number of rotatable bonds is 3. The van der Waals surface area contributed by atoms with E-state index in [0.717, 1.165) is 5.56 Å². The van der Waals surface area contributed by atoms with Crippen molar-refractivity contribution in [1.82, 2.24) is 9.80 Å². The Morgan fingerprint density at radius 3 is 2.70 bits per heavy atom. The van der Waals surface area contributed by atoms with Gasteiger partial charge >= 0.3 is 5.97 Å². The Kier molecular flexibility index (Phi) is 4.50. The van der Waals surface area contributed by atoms with Crippen molar-refractivity contribution >= 4 is 41.1 Å². The van der Waals surface area contributed by atoms with Crippen molar-refractivity contribution in [2.75, 3.05) is 19.4 Å². The second kappa shape index (κ2) is 6.41. The summed E-state index contributed by atoms with van der Waals surface area (Å²) in [5, 5.41) is -0.104. The molecule has 3 rings (SSSR count). The highest BCUT2D eigenvalue weighted by Crippen LogP contribution is 2.33. The number of ether oxygens (including phenoxy) is 1. The Labute approximate surface area is 142 Å². The largest absolute Gasteiger partial charge is 0.467 e. The van der Waals surface area contributed by atoms with Crippen LogP contribution in [0.15, 0.2) is 24.3 Å². The summed E-state index contributed by atoms with van der Waals surface area (Å²) in [6, 6.07) is 6.55. The number of fused-ring (bicyclic) bond motifs is 1. The number of nitrogens with zero attached hydrogens (tertiary/aromatic N) is 2. The summed E-state index contributed by atoms with van der Waals surface area (Å²) in [6.07, 6.45) is 0. The predicted octanol–water partition coefficient (Wildman–Crippen LogP) is 1.13. The van der Waals surface area contributed by atoms with E-state index < -0.39 is 17.4 Å². The van der Waals surface area contributed by atoms with Crippen molar-refractivity contribution in [1.29, 1.82) is 0 Å². The number of esters is 1. The first kappa shape index (κ1) is 16.1. The molecule has 2 saturated heterocycles. The van der Waals surface area contributed by atoms with Gasteiger partial charge in [0.25, 0.3) is 0 Å². The number of amides is 2. The number of thioether (sulfide) groups is 1. The van der Waals surface area contributed by atoms with Crippen LogP contribution in [0.25, 0.3) is 0 Å². The van der Waals surface area contributed by atoms with Gasteiger partial charge in [0.2, 0.25) is 11.8 Å². The topological polar surface area (TPSA) is 66.9 Å². The van der Waals surface area contributed by atoms with Gasteiger partial charge in [0.1, 0.15) is 12.6 Å². The van der Waals surface area contributed by atoms with Gasteiger partial charge in [-0.1, -0.05) is 23.7 Å². The van der Waals surface area contributed by atoms with Crippen molar-refractivity contribution in [3.63, 3.8) is 0 Å². The monoisotopic (exact) mass is 354 g/mol. The first-order valence-electron chi connectivity index (χ1n) is 7.05. The lowest BCUT2D eigenvalue weighted by atomic mass is 10.1. The predicted molar refractivity (Wildman–Crippen MR) is 85.8 cm³/mol. The molecule has 0 bridgehead atoms. The molecule has 23 heavy (non-hydrogen) atoms. The van der Waals surface area contributed by atoms with E-state index in [1.165, 1.54) is 28.7 Å². The molecule has 1 aromatic rings. The zero-order valence-electron chi connectivity index (χ0n) is 12.4. The number of carbonyl (C=O) groups excluding carboxylic acids is 3. The van der Waals surface area contributed by atoms with Crippen LogP contribution in [0.2, 0.25) is 5.02 Å². The van der Waals surface area contributed by atoms with Crippen LogP contribution in [0.4, 0.5) is 0 Å². The first-order valence-corrected chi connectivity index (χ1v) is 8.47. The molecular formula is C15H15ClN2O4S. The van der Waals surface area contributed by atoms with Crippen LogP contribution >= 0.6 is 23.4 Å². The number of benzene rings is 1. The average Bonchev–Trinajstić information content (AvgIpc) is 2.99. The molecule has 2 fully saturated rings. The van der Waals surface area contributed by atoms with Crippen molar-refractivity contribution in [2.45, 2.75) is 18.0 Å². The van der Waals surface area contributed by atoms with Crippen LogP contribution in [-0.4, -0.2) is 58.4 Å². The molecule has 0 aliphatic carbocycles. The van der Waals surface area contributed by atoms with Gasteiger partial charge < -0.3 is 14.5 Å². The molecule has 0 N–H and O–H groups in total. The fraction of sp³-hybridized carbons (Fsp3) is 0.400. The maximum Gasteiger partial charge on any atom is 0.339 e. The van der Waals surface area contributed by atoms with Crippen LogP contribution in [0, 0.1) is 0 Å². The van der Waals surface area contributed by atoms with Gasteiger partial charge in [-0.15, -0.1) is 11.8 Å². The zero-order chi connectivity index (χ0) is 16.6. The third kappa shape index (κ3) is 3.03. The third-order valence-corrected chi connectivity index (χ3v) is 5.40. The number of methoxy groups -OCH3 is 1. The Hall–Kier alpha value is -1.73. The van der Waals surface area contributed by atoms with E-state index in [1.807, 2.05) is 12.1 Å². The van der Waals surface area contributed by atoms with E-state index in [0.29, 0.717) is 17.3 Å². The van der Waals surface area contributed by atoms with Crippen molar-refractivity contribution < 1.29 is 19.1 Å². The standard InChI is InChI=1S/C15H15ClN2O4S/c1-22-15(21)14-18-11(8-23-14)13(20)17(7-12(18)19)6-9-2-4-10(16)5-3-9/h2-5,11,14H,6-8H2,1H3/t11-,14-/m1/s1. The smallest absolute Gasteiger partial charge is 0.339 e. The Morgan fingerprint density at radius 1 is 1.35 bits per heavy atom. The number of hydrogen-bond donors (Lipinski definition) is 0. The molecule has 0 radical (unpaired) electrons. The molecular weight excluding hydrogens is 340 g/mol. The first-order chi connectivity index (χ1) is 11.0. The van der Waals surface area contributed by atoms with E-state index in [-0.39, 0.29) is 18.4 Å². The normalized spacial score (nSPS) is 23.9. The lowest BCUT2D eigenvalue weighted by Crippen LogP contribution is -2.60. The lowest BCUT2D eigenvalue weighted by molar-refractivity contribution is -0.160. The minimum atomic E-state index is -0.723. The molecule has 0 spiro atoms. The highest BCUT2D eigenvalue weighted by molar-refractivity contribution is 8.00. The third-order valence-electron chi connectivity index (χ3n) is 3.90. The van der Waals surface area contributed by atoms with E-state index in [2.05, 4.69) is 0 Å². The lowest BCUT2D eigenvalue weighted by Gasteiger charge is -2.37. The Morgan fingerprint density at radius 2 is 2.04 bits per heavy atom. The van der Waals surface area contributed by atoms with Gasteiger partial charge in [0.15, 0.2) is 5.37 Å². The molecule has 2 heterocycles. The van der Waals surface area contributed by atoms with Gasteiger partial charge in [-0.2, -0.15) is 0 Å². The molecule has 2 amide bonds. The second-order valence-electron chi connectivity index (χ2n) is 5.35. The van der Waals surface area contributed by atoms with Crippen molar-refractivity contribution in [3.05, 3.63) is 34.9 Å². The summed E-state index contributed by atoms with van der Waals surface area (Å²) in [4.78, 5) is 39.6. The van der Waals surface area contributed by atoms with Crippen LogP contribution in [0.5, 0.6) is 0 Å². The maximum absolute atomic E-state index is 12.6. The summed E-state index contributed by atoms with van der Waals surface area (Å²) in [5.74, 6) is -0.464. The Bertz CT molecular complexity index is 651. The number of piperazine rings is 1. The van der Waals surface area contributed by atoms with Gasteiger partial charge in [-0.3, -0.25) is 9.59 Å². The van der Waals surface area contributed by atoms with Gasteiger partial charge in [0, 0.05) is 17.3 Å². The Balaban J connectivity index is 1.76. The highest BCUT2D eigenvalue weighted by Gasteiger charge is 2.50. The summed E-state index contributed by atoms with van der Waals surface area (Å²) in [6.45, 7) is 0.311. The molecule has 2 aliphatic heterocycles. The fourth-order valence-corrected chi connectivity index (χ4v) is 4.21. The molecule has 6 nitrogen and oxygen atoms in total. The molecule has 0 saturated carbocycles. The summed E-state index contributed by atoms with van der Waals surface area (Å²) in [5.41, 5.74) is 0.902. The molecule has 8 heteroatoms. The highest BCUT2D eigenvalue weighted by atomic mass is 35.5. The SMILES string of the molecule is COC(=O)[C@H]1SC[C@@H]2C(=O)N(Cc3ccc(Cl)cc3)CC(=O)N21. The molecule has 0 unspecified atom stereocenters. The number of hydrogen-bond acceptors (Lipinski definition) is 5. The van der Waals surface area contributed by atoms with Gasteiger partial charge in [-0.05, 0) is 17.7 Å². The summed E-state index contributed by atoms with van der Waals surface area (Å²) >= 11 is 7.11. The van der Waals surface area contributed by atoms with E-state index >= 15 is 0 Å². The fourth-order valence-electron chi connectivity index (χ4n) is 2.76. The molecule has 1 aromatic carbocycles. The van der Waals surface area contributed by atoms with Gasteiger partial charge in [0.05, 0.1) is 7.11 Å². The van der Waals surface area contributed by atoms with E-state index in [4.69, 9.17) is 16.3 Å². The van der Waals surface area contributed by atoms with Crippen LogP contribution in [0.3, 0.4) is 0 Å². The molecule has 2 atom stereocenters. The minimum Gasteiger partial charge on any atom is -0.467 e. The average molecular weight is 355 g/mol.